The molecule has 1 aliphatic rings. The fourth-order valence-corrected chi connectivity index (χ4v) is 0.879. The van der Waals surface area contributed by atoms with Crippen molar-refractivity contribution >= 4 is 0 Å². The molecule has 0 aromatic heterocycles. The third-order valence-corrected chi connectivity index (χ3v) is 1.33. The SMILES string of the molecule is CF.NC1CCCNC1. The molecule has 1 rings (SSSR count). The summed E-state index contributed by atoms with van der Waals surface area (Å²) in [5, 5.41) is 3.21. The molecule has 1 heterocycles. The minimum absolute atomic E-state index is 0.425. The molecule has 0 aliphatic carbocycles. The maximum Gasteiger partial charge on any atom is 0.0785 e. The van der Waals surface area contributed by atoms with Crippen LogP contribution in [0.15, 0.2) is 0 Å². The Hall–Kier alpha value is -0.150. The first-order valence-electron chi connectivity index (χ1n) is 3.23. The van der Waals surface area contributed by atoms with Gasteiger partial charge >= 0.3 is 0 Å². The number of piperidine rings is 1. The van der Waals surface area contributed by atoms with Crippen LogP contribution in [0.4, 0.5) is 4.39 Å². The molecule has 1 saturated heterocycles. The lowest BCUT2D eigenvalue weighted by molar-refractivity contribution is 0.459. The molecule has 9 heavy (non-hydrogen) atoms. The highest BCUT2D eigenvalue weighted by Gasteiger charge is 2.05. The highest BCUT2D eigenvalue weighted by Crippen LogP contribution is 1.96. The second-order valence-corrected chi connectivity index (χ2v) is 2.11. The number of alkyl halides is 1. The van der Waals surface area contributed by atoms with Crippen LogP contribution in [0.2, 0.25) is 0 Å². The summed E-state index contributed by atoms with van der Waals surface area (Å²) in [6.07, 6.45) is 2.45. The average Bonchev–Trinajstić information content (AvgIpc) is 1.94. The molecule has 1 fully saturated rings. The van der Waals surface area contributed by atoms with Crippen molar-refractivity contribution in [2.75, 3.05) is 20.3 Å². The first kappa shape index (κ1) is 8.85. The average molecular weight is 134 g/mol. The molecule has 0 bridgehead atoms. The molecular formula is C6H15FN2. The van der Waals surface area contributed by atoms with Gasteiger partial charge in [0.05, 0.1) is 7.18 Å². The van der Waals surface area contributed by atoms with E-state index in [0.29, 0.717) is 13.2 Å². The lowest BCUT2D eigenvalue weighted by atomic mass is 10.1. The zero-order valence-corrected chi connectivity index (χ0v) is 5.86. The smallest absolute Gasteiger partial charge is 0.0785 e. The maximum atomic E-state index is 9.50. The molecule has 1 unspecified atom stereocenters. The van der Waals surface area contributed by atoms with E-state index in [1.54, 1.807) is 0 Å². The van der Waals surface area contributed by atoms with E-state index < -0.39 is 0 Å². The number of hydrogen-bond acceptors (Lipinski definition) is 2. The zero-order valence-electron chi connectivity index (χ0n) is 5.86. The molecule has 3 heteroatoms. The first-order valence-corrected chi connectivity index (χ1v) is 3.23. The Morgan fingerprint density at radius 2 is 2.22 bits per heavy atom. The number of halogens is 1. The van der Waals surface area contributed by atoms with Crippen LogP contribution in [0.1, 0.15) is 12.8 Å². The van der Waals surface area contributed by atoms with Gasteiger partial charge in [-0.2, -0.15) is 0 Å². The minimum atomic E-state index is 0.425. The van der Waals surface area contributed by atoms with Crippen molar-refractivity contribution in [3.05, 3.63) is 0 Å². The Kier molecular flexibility index (Phi) is 5.88. The summed E-state index contributed by atoms with van der Waals surface area (Å²) < 4.78 is 9.50. The van der Waals surface area contributed by atoms with Gasteiger partial charge in [-0.25, -0.2) is 0 Å². The van der Waals surface area contributed by atoms with Crippen LogP contribution in [0.25, 0.3) is 0 Å². The Balaban J connectivity index is 0.000000291. The summed E-state index contributed by atoms with van der Waals surface area (Å²) in [5.41, 5.74) is 5.57. The monoisotopic (exact) mass is 134 g/mol. The summed E-state index contributed by atoms with van der Waals surface area (Å²) >= 11 is 0. The van der Waals surface area contributed by atoms with E-state index in [-0.39, 0.29) is 0 Å². The number of rotatable bonds is 0. The lowest BCUT2D eigenvalue weighted by Crippen LogP contribution is -2.39. The zero-order chi connectivity index (χ0) is 7.11. The molecule has 1 aliphatic heterocycles. The standard InChI is InChI=1S/C5H12N2.CH3F/c6-5-2-1-3-7-4-5;1-2/h5,7H,1-4,6H2;1H3. The van der Waals surface area contributed by atoms with E-state index in [2.05, 4.69) is 5.32 Å². The predicted octanol–water partition coefficient (Wildman–Crippen LogP) is 0.283. The van der Waals surface area contributed by atoms with Gasteiger partial charge in [-0.3, -0.25) is 4.39 Å². The number of nitrogens with one attached hydrogen (secondary N) is 1. The van der Waals surface area contributed by atoms with Gasteiger partial charge in [0.1, 0.15) is 0 Å². The molecule has 0 spiro atoms. The van der Waals surface area contributed by atoms with E-state index in [1.165, 1.54) is 12.8 Å². The van der Waals surface area contributed by atoms with Crippen molar-refractivity contribution in [1.29, 1.82) is 0 Å². The fraction of sp³-hybridized carbons (Fsp3) is 1.00. The molecule has 2 nitrogen and oxygen atoms in total. The van der Waals surface area contributed by atoms with Crippen LogP contribution in [0.5, 0.6) is 0 Å². The van der Waals surface area contributed by atoms with E-state index >= 15 is 0 Å². The second-order valence-electron chi connectivity index (χ2n) is 2.11. The van der Waals surface area contributed by atoms with Crippen LogP contribution in [-0.2, 0) is 0 Å². The molecule has 3 N–H and O–H groups in total. The van der Waals surface area contributed by atoms with Gasteiger partial charge in [0.15, 0.2) is 0 Å². The van der Waals surface area contributed by atoms with Crippen LogP contribution in [0.3, 0.4) is 0 Å². The van der Waals surface area contributed by atoms with Crippen molar-refractivity contribution in [1.82, 2.24) is 5.32 Å². The lowest BCUT2D eigenvalue weighted by Gasteiger charge is -2.17. The third-order valence-electron chi connectivity index (χ3n) is 1.33. The van der Waals surface area contributed by atoms with Crippen LogP contribution in [-0.4, -0.2) is 26.3 Å². The second kappa shape index (κ2) is 5.98. The van der Waals surface area contributed by atoms with E-state index in [9.17, 15) is 4.39 Å². The van der Waals surface area contributed by atoms with Crippen molar-refractivity contribution in [3.8, 4) is 0 Å². The summed E-state index contributed by atoms with van der Waals surface area (Å²) in [6.45, 7) is 2.17. The van der Waals surface area contributed by atoms with E-state index in [4.69, 9.17) is 5.73 Å². The van der Waals surface area contributed by atoms with Gasteiger partial charge in [0, 0.05) is 12.6 Å². The van der Waals surface area contributed by atoms with E-state index in [1.807, 2.05) is 0 Å². The fourth-order valence-electron chi connectivity index (χ4n) is 0.879. The van der Waals surface area contributed by atoms with Crippen LogP contribution >= 0.6 is 0 Å². The topological polar surface area (TPSA) is 38.0 Å². The molecule has 0 saturated carbocycles. The van der Waals surface area contributed by atoms with Gasteiger partial charge in [0.2, 0.25) is 0 Å². The Labute approximate surface area is 55.6 Å². The third kappa shape index (κ3) is 4.36. The molecule has 0 aromatic rings. The molecular weight excluding hydrogens is 119 g/mol. The minimum Gasteiger partial charge on any atom is -0.327 e. The summed E-state index contributed by atoms with van der Waals surface area (Å²) in [6, 6.07) is 0.425. The van der Waals surface area contributed by atoms with Gasteiger partial charge in [-0.05, 0) is 19.4 Å². The van der Waals surface area contributed by atoms with Crippen molar-refractivity contribution in [2.45, 2.75) is 18.9 Å². The molecule has 56 valence electrons. The van der Waals surface area contributed by atoms with Crippen molar-refractivity contribution in [3.63, 3.8) is 0 Å². The quantitative estimate of drug-likeness (QED) is 0.499. The summed E-state index contributed by atoms with van der Waals surface area (Å²) in [5.74, 6) is 0. The normalized spacial score (nSPS) is 26.3. The number of hydrogen-bond donors (Lipinski definition) is 2. The van der Waals surface area contributed by atoms with Crippen LogP contribution < -0.4 is 11.1 Å². The molecule has 0 aromatic carbocycles. The van der Waals surface area contributed by atoms with Crippen LogP contribution in [0, 0.1) is 0 Å². The molecule has 1 atom stereocenters. The summed E-state index contributed by atoms with van der Waals surface area (Å²) in [4.78, 5) is 0. The van der Waals surface area contributed by atoms with Crippen molar-refractivity contribution < 1.29 is 4.39 Å². The van der Waals surface area contributed by atoms with Gasteiger partial charge in [-0.1, -0.05) is 0 Å². The Morgan fingerprint density at radius 3 is 2.44 bits per heavy atom. The predicted molar refractivity (Wildman–Crippen MR) is 37.1 cm³/mol. The Morgan fingerprint density at radius 1 is 1.56 bits per heavy atom. The molecule has 0 radical (unpaired) electrons. The highest BCUT2D eigenvalue weighted by atomic mass is 19.1. The number of nitrogens with two attached hydrogens (primary N) is 1. The van der Waals surface area contributed by atoms with Gasteiger partial charge in [0.25, 0.3) is 0 Å². The highest BCUT2D eigenvalue weighted by molar-refractivity contribution is 4.69. The van der Waals surface area contributed by atoms with Gasteiger partial charge in [-0.15, -0.1) is 0 Å². The van der Waals surface area contributed by atoms with Crippen molar-refractivity contribution in [2.24, 2.45) is 5.73 Å². The van der Waals surface area contributed by atoms with Gasteiger partial charge < -0.3 is 11.1 Å². The van der Waals surface area contributed by atoms with E-state index in [0.717, 1.165) is 13.1 Å². The first-order chi connectivity index (χ1) is 4.39. The molecule has 0 amide bonds. The largest absolute Gasteiger partial charge is 0.327 e. The summed E-state index contributed by atoms with van der Waals surface area (Å²) in [7, 11) is 0.500. The maximum absolute atomic E-state index is 9.50. The Bertz CT molecular complexity index is 53.0.